The van der Waals surface area contributed by atoms with Crippen LogP contribution in [0.5, 0.6) is 0 Å². The van der Waals surface area contributed by atoms with Gasteiger partial charge in [0.2, 0.25) is 5.91 Å². The fraction of sp³-hybridized carbons (Fsp3) is 0.467. The van der Waals surface area contributed by atoms with Crippen LogP contribution >= 0.6 is 11.6 Å². The number of halogens is 1. The third-order valence-corrected chi connectivity index (χ3v) is 4.34. The number of hydrogen-bond donors (Lipinski definition) is 3. The highest BCUT2D eigenvalue weighted by Gasteiger charge is 2.26. The van der Waals surface area contributed by atoms with Crippen molar-refractivity contribution >= 4 is 29.2 Å². The number of rotatable bonds is 4. The molecule has 0 aromatic heterocycles. The Bertz CT molecular complexity index is 540. The maximum Gasteiger partial charge on any atom is 0.335 e. The predicted octanol–water partition coefficient (Wildman–Crippen LogP) is 2.74. The number of carbonyl (C=O) groups excluding carboxylic acids is 1. The molecule has 0 atom stereocenters. The van der Waals surface area contributed by atoms with Crippen LogP contribution in [0.25, 0.3) is 0 Å². The molecule has 0 heterocycles. The fourth-order valence-corrected chi connectivity index (χ4v) is 2.87. The van der Waals surface area contributed by atoms with Crippen LogP contribution < -0.4 is 11.1 Å². The lowest BCUT2D eigenvalue weighted by molar-refractivity contribution is -0.121. The van der Waals surface area contributed by atoms with Crippen molar-refractivity contribution in [1.29, 1.82) is 0 Å². The Morgan fingerprint density at radius 2 is 1.95 bits per heavy atom. The molecule has 4 N–H and O–H groups in total. The van der Waals surface area contributed by atoms with E-state index in [0.717, 1.165) is 25.7 Å². The molecule has 114 valence electrons. The standard InChI is InChI=1S/C15H19ClN2O3/c16-12-7-11(15(20)21)5-6-13(12)18-14(19)10-3-1-9(8-17)2-4-10/h5-7,9-10H,1-4,8,17H2,(H,18,19)(H,20,21). The largest absolute Gasteiger partial charge is 0.478 e. The number of hydrogen-bond acceptors (Lipinski definition) is 3. The molecule has 1 aromatic carbocycles. The highest BCUT2D eigenvalue weighted by molar-refractivity contribution is 6.34. The van der Waals surface area contributed by atoms with Gasteiger partial charge in [0.1, 0.15) is 0 Å². The summed E-state index contributed by atoms with van der Waals surface area (Å²) in [6, 6.07) is 4.29. The van der Waals surface area contributed by atoms with Gasteiger partial charge in [0.25, 0.3) is 0 Å². The minimum Gasteiger partial charge on any atom is -0.478 e. The lowest BCUT2D eigenvalue weighted by Crippen LogP contribution is -2.29. The second-order valence-electron chi connectivity index (χ2n) is 5.44. The summed E-state index contributed by atoms with van der Waals surface area (Å²) in [7, 11) is 0. The monoisotopic (exact) mass is 310 g/mol. The summed E-state index contributed by atoms with van der Waals surface area (Å²) in [5.41, 5.74) is 6.19. The molecule has 1 saturated carbocycles. The van der Waals surface area contributed by atoms with Crippen molar-refractivity contribution in [3.05, 3.63) is 28.8 Å². The number of nitrogens with one attached hydrogen (secondary N) is 1. The average molecular weight is 311 g/mol. The highest BCUT2D eigenvalue weighted by Crippen LogP contribution is 2.30. The molecule has 6 heteroatoms. The van der Waals surface area contributed by atoms with E-state index in [0.29, 0.717) is 18.2 Å². The van der Waals surface area contributed by atoms with Crippen LogP contribution in [0, 0.1) is 11.8 Å². The first-order valence-corrected chi connectivity index (χ1v) is 7.43. The Hall–Kier alpha value is -1.59. The SMILES string of the molecule is NCC1CCC(C(=O)Nc2ccc(C(=O)O)cc2Cl)CC1. The molecule has 0 radical (unpaired) electrons. The van der Waals surface area contributed by atoms with Crippen molar-refractivity contribution < 1.29 is 14.7 Å². The summed E-state index contributed by atoms with van der Waals surface area (Å²) in [6.45, 7) is 0.677. The summed E-state index contributed by atoms with van der Waals surface area (Å²) in [5, 5.41) is 11.9. The zero-order valence-corrected chi connectivity index (χ0v) is 12.4. The molecule has 1 aliphatic carbocycles. The highest BCUT2D eigenvalue weighted by atomic mass is 35.5. The number of carboxylic acid groups (broad SMARTS) is 1. The van der Waals surface area contributed by atoms with E-state index < -0.39 is 5.97 Å². The molecule has 1 aliphatic rings. The molecule has 0 spiro atoms. The molecule has 2 rings (SSSR count). The van der Waals surface area contributed by atoms with Gasteiger partial charge in [0.05, 0.1) is 16.3 Å². The zero-order chi connectivity index (χ0) is 15.4. The van der Waals surface area contributed by atoms with Crippen molar-refractivity contribution in [3.8, 4) is 0 Å². The number of anilines is 1. The second kappa shape index (κ2) is 6.91. The fourth-order valence-electron chi connectivity index (χ4n) is 2.64. The van der Waals surface area contributed by atoms with E-state index >= 15 is 0 Å². The van der Waals surface area contributed by atoms with Crippen molar-refractivity contribution in [1.82, 2.24) is 0 Å². The molecular weight excluding hydrogens is 292 g/mol. The van der Waals surface area contributed by atoms with Crippen LogP contribution in [0.4, 0.5) is 5.69 Å². The van der Waals surface area contributed by atoms with Gasteiger partial charge >= 0.3 is 5.97 Å². The Kier molecular flexibility index (Phi) is 5.20. The van der Waals surface area contributed by atoms with Crippen molar-refractivity contribution in [2.24, 2.45) is 17.6 Å². The molecule has 21 heavy (non-hydrogen) atoms. The molecular formula is C15H19ClN2O3. The first kappa shape index (κ1) is 15.8. The van der Waals surface area contributed by atoms with E-state index in [4.69, 9.17) is 22.4 Å². The van der Waals surface area contributed by atoms with Crippen LogP contribution in [0.15, 0.2) is 18.2 Å². The Morgan fingerprint density at radius 3 is 2.48 bits per heavy atom. The van der Waals surface area contributed by atoms with Gasteiger partial charge in [0.15, 0.2) is 0 Å². The average Bonchev–Trinajstić information content (AvgIpc) is 2.49. The third kappa shape index (κ3) is 3.95. The summed E-state index contributed by atoms with van der Waals surface area (Å²) in [6.07, 6.45) is 3.61. The topological polar surface area (TPSA) is 92.4 Å². The van der Waals surface area contributed by atoms with Gasteiger partial charge in [0, 0.05) is 5.92 Å². The van der Waals surface area contributed by atoms with Gasteiger partial charge in [-0.15, -0.1) is 0 Å². The molecule has 0 aliphatic heterocycles. The Balaban J connectivity index is 1.98. The molecule has 1 aromatic rings. The minimum absolute atomic E-state index is 0.0250. The van der Waals surface area contributed by atoms with Gasteiger partial charge in [-0.1, -0.05) is 11.6 Å². The predicted molar refractivity (Wildman–Crippen MR) is 81.5 cm³/mol. The Morgan fingerprint density at radius 1 is 1.29 bits per heavy atom. The number of benzene rings is 1. The van der Waals surface area contributed by atoms with Crippen LogP contribution in [0.1, 0.15) is 36.0 Å². The van der Waals surface area contributed by atoms with Crippen LogP contribution in [0.3, 0.4) is 0 Å². The van der Waals surface area contributed by atoms with E-state index in [1.807, 2.05) is 0 Å². The van der Waals surface area contributed by atoms with Crippen LogP contribution in [-0.4, -0.2) is 23.5 Å². The quantitative estimate of drug-likeness (QED) is 0.797. The van der Waals surface area contributed by atoms with Gasteiger partial charge in [-0.3, -0.25) is 4.79 Å². The first-order valence-electron chi connectivity index (χ1n) is 7.05. The van der Waals surface area contributed by atoms with E-state index in [-0.39, 0.29) is 22.4 Å². The summed E-state index contributed by atoms with van der Waals surface area (Å²) in [4.78, 5) is 23.1. The van der Waals surface area contributed by atoms with Gasteiger partial charge in [-0.05, 0) is 56.3 Å². The van der Waals surface area contributed by atoms with Gasteiger partial charge in [-0.2, -0.15) is 0 Å². The van der Waals surface area contributed by atoms with E-state index in [1.165, 1.54) is 18.2 Å². The molecule has 1 fully saturated rings. The third-order valence-electron chi connectivity index (χ3n) is 4.02. The molecule has 1 amide bonds. The van der Waals surface area contributed by atoms with E-state index in [1.54, 1.807) is 0 Å². The minimum atomic E-state index is -1.05. The Labute approximate surface area is 128 Å². The maximum absolute atomic E-state index is 12.2. The normalized spacial score (nSPS) is 21.8. The molecule has 0 saturated heterocycles. The van der Waals surface area contributed by atoms with E-state index in [2.05, 4.69) is 5.32 Å². The van der Waals surface area contributed by atoms with E-state index in [9.17, 15) is 9.59 Å². The van der Waals surface area contributed by atoms with Crippen molar-refractivity contribution in [2.45, 2.75) is 25.7 Å². The lowest BCUT2D eigenvalue weighted by Gasteiger charge is -2.26. The smallest absolute Gasteiger partial charge is 0.335 e. The number of carboxylic acids is 1. The maximum atomic E-state index is 12.2. The number of carbonyl (C=O) groups is 2. The summed E-state index contributed by atoms with van der Waals surface area (Å²) in [5.74, 6) is -0.610. The molecule has 0 unspecified atom stereocenters. The first-order chi connectivity index (χ1) is 10.0. The number of amides is 1. The lowest BCUT2D eigenvalue weighted by atomic mass is 9.81. The number of aromatic carboxylic acids is 1. The number of nitrogens with two attached hydrogens (primary N) is 1. The van der Waals surface area contributed by atoms with Crippen molar-refractivity contribution in [2.75, 3.05) is 11.9 Å². The molecule has 0 bridgehead atoms. The van der Waals surface area contributed by atoms with Gasteiger partial charge < -0.3 is 16.2 Å². The summed E-state index contributed by atoms with van der Waals surface area (Å²) >= 11 is 6.01. The van der Waals surface area contributed by atoms with Crippen LogP contribution in [0.2, 0.25) is 5.02 Å². The second-order valence-corrected chi connectivity index (χ2v) is 5.85. The molecule has 5 nitrogen and oxygen atoms in total. The summed E-state index contributed by atoms with van der Waals surface area (Å²) < 4.78 is 0. The van der Waals surface area contributed by atoms with Crippen LogP contribution in [-0.2, 0) is 4.79 Å². The van der Waals surface area contributed by atoms with Gasteiger partial charge in [-0.25, -0.2) is 4.79 Å². The zero-order valence-electron chi connectivity index (χ0n) is 11.6. The van der Waals surface area contributed by atoms with Crippen molar-refractivity contribution in [3.63, 3.8) is 0 Å².